The van der Waals surface area contributed by atoms with Gasteiger partial charge in [0.2, 0.25) is 0 Å². The van der Waals surface area contributed by atoms with Crippen LogP contribution in [0.5, 0.6) is 5.75 Å². The molecule has 0 fully saturated rings. The van der Waals surface area contributed by atoms with E-state index in [1.54, 1.807) is 18.2 Å². The Labute approximate surface area is 120 Å². The summed E-state index contributed by atoms with van der Waals surface area (Å²) in [6.07, 6.45) is 0. The molecule has 1 amide bonds. The largest absolute Gasteiger partial charge is 0.493 e. The summed E-state index contributed by atoms with van der Waals surface area (Å²) in [4.78, 5) is 16.4. The Hall–Kier alpha value is -1.59. The lowest BCUT2D eigenvalue weighted by atomic mass is 10.2. The molecule has 0 aliphatic rings. The van der Waals surface area contributed by atoms with Crippen LogP contribution in [0.1, 0.15) is 23.0 Å². The van der Waals surface area contributed by atoms with Gasteiger partial charge in [-0.15, -0.1) is 11.3 Å². The van der Waals surface area contributed by atoms with Crippen molar-refractivity contribution in [3.63, 3.8) is 0 Å². The molecule has 0 saturated carbocycles. The van der Waals surface area contributed by atoms with Crippen LogP contribution in [-0.2, 0) is 0 Å². The first-order valence-electron chi connectivity index (χ1n) is 5.76. The highest BCUT2D eigenvalue weighted by atomic mass is 35.5. The van der Waals surface area contributed by atoms with Gasteiger partial charge in [0, 0.05) is 10.4 Å². The molecule has 0 aliphatic heterocycles. The molecule has 4 nitrogen and oxygen atoms in total. The van der Waals surface area contributed by atoms with E-state index < -0.39 is 0 Å². The highest BCUT2D eigenvalue weighted by Crippen LogP contribution is 2.25. The molecule has 1 aromatic carbocycles. The predicted octanol–water partition coefficient (Wildman–Crippen LogP) is 3.76. The highest BCUT2D eigenvalue weighted by molar-refractivity contribution is 7.13. The van der Waals surface area contributed by atoms with E-state index in [-0.39, 0.29) is 5.91 Å². The smallest absolute Gasteiger partial charge is 0.261 e. The maximum Gasteiger partial charge on any atom is 0.261 e. The van der Waals surface area contributed by atoms with Gasteiger partial charge in [-0.05, 0) is 32.0 Å². The first kappa shape index (κ1) is 13.8. The second-order valence-electron chi connectivity index (χ2n) is 3.82. The average Bonchev–Trinajstić information content (AvgIpc) is 2.75. The van der Waals surface area contributed by atoms with Crippen LogP contribution in [0.3, 0.4) is 0 Å². The lowest BCUT2D eigenvalue weighted by Crippen LogP contribution is -2.13. The number of halogens is 1. The number of carbonyl (C=O) groups is 1. The Morgan fingerprint density at radius 3 is 2.95 bits per heavy atom. The van der Waals surface area contributed by atoms with Crippen LogP contribution >= 0.6 is 22.9 Å². The van der Waals surface area contributed by atoms with Gasteiger partial charge in [0.25, 0.3) is 5.91 Å². The number of aryl methyl sites for hydroxylation is 1. The second kappa shape index (κ2) is 6.04. The summed E-state index contributed by atoms with van der Waals surface area (Å²) in [6, 6.07) is 4.93. The number of carbonyl (C=O) groups excluding carboxylic acids is 1. The van der Waals surface area contributed by atoms with E-state index in [2.05, 4.69) is 10.3 Å². The summed E-state index contributed by atoms with van der Waals surface area (Å²) in [5, 5.41) is 5.72. The van der Waals surface area contributed by atoms with Gasteiger partial charge < -0.3 is 4.74 Å². The third-order valence-corrected chi connectivity index (χ3v) is 3.44. The molecule has 1 aromatic heterocycles. The lowest BCUT2D eigenvalue weighted by molar-refractivity contribution is 0.102. The van der Waals surface area contributed by atoms with E-state index in [0.29, 0.717) is 28.1 Å². The molecule has 100 valence electrons. The van der Waals surface area contributed by atoms with E-state index in [0.717, 1.165) is 5.69 Å². The van der Waals surface area contributed by atoms with Gasteiger partial charge in [0.1, 0.15) is 5.75 Å². The summed E-state index contributed by atoms with van der Waals surface area (Å²) in [7, 11) is 0. The molecular formula is C13H13ClN2O2S. The third-order valence-electron chi connectivity index (χ3n) is 2.33. The number of hydrogen-bond donors (Lipinski definition) is 1. The van der Waals surface area contributed by atoms with Crippen LogP contribution in [0, 0.1) is 6.92 Å². The summed E-state index contributed by atoms with van der Waals surface area (Å²) in [5.74, 6) is 0.218. The van der Waals surface area contributed by atoms with Crippen molar-refractivity contribution in [3.8, 4) is 5.75 Å². The Balaban J connectivity index is 2.23. The predicted molar refractivity (Wildman–Crippen MR) is 77.4 cm³/mol. The standard InChI is InChI=1S/C13H13ClN2O2S/c1-3-18-11-6-9(14)4-5-10(11)12(17)16-13-15-8(2)7-19-13/h4-7H,3H2,1-2H3,(H,15,16,17). The Kier molecular flexibility index (Phi) is 4.39. The summed E-state index contributed by atoms with van der Waals surface area (Å²) >= 11 is 7.28. The SMILES string of the molecule is CCOc1cc(Cl)ccc1C(=O)Nc1nc(C)cs1. The van der Waals surface area contributed by atoms with Crippen molar-refractivity contribution in [2.45, 2.75) is 13.8 Å². The van der Waals surface area contributed by atoms with Gasteiger partial charge in [-0.1, -0.05) is 11.6 Å². The zero-order chi connectivity index (χ0) is 13.8. The van der Waals surface area contributed by atoms with Crippen molar-refractivity contribution < 1.29 is 9.53 Å². The fraction of sp³-hybridized carbons (Fsp3) is 0.231. The zero-order valence-corrected chi connectivity index (χ0v) is 12.1. The lowest BCUT2D eigenvalue weighted by Gasteiger charge is -2.09. The van der Waals surface area contributed by atoms with E-state index in [1.807, 2.05) is 19.2 Å². The van der Waals surface area contributed by atoms with Gasteiger partial charge in [-0.3, -0.25) is 10.1 Å². The molecule has 0 bridgehead atoms. The minimum absolute atomic E-state index is 0.255. The molecule has 0 aliphatic carbocycles. The average molecular weight is 297 g/mol. The number of amides is 1. The molecule has 0 spiro atoms. The minimum Gasteiger partial charge on any atom is -0.493 e. The van der Waals surface area contributed by atoms with E-state index >= 15 is 0 Å². The molecule has 0 radical (unpaired) electrons. The molecule has 2 rings (SSSR count). The van der Waals surface area contributed by atoms with Crippen LogP contribution in [0.15, 0.2) is 23.6 Å². The van der Waals surface area contributed by atoms with Crippen molar-refractivity contribution >= 4 is 34.0 Å². The Morgan fingerprint density at radius 1 is 1.53 bits per heavy atom. The van der Waals surface area contributed by atoms with Crippen molar-refractivity contribution in [1.82, 2.24) is 4.98 Å². The number of benzene rings is 1. The summed E-state index contributed by atoms with van der Waals surface area (Å²) < 4.78 is 5.42. The number of aromatic nitrogens is 1. The molecular weight excluding hydrogens is 284 g/mol. The number of anilines is 1. The monoisotopic (exact) mass is 296 g/mol. The fourth-order valence-corrected chi connectivity index (χ4v) is 2.38. The zero-order valence-electron chi connectivity index (χ0n) is 10.6. The van der Waals surface area contributed by atoms with Crippen molar-refractivity contribution in [3.05, 3.63) is 39.9 Å². The van der Waals surface area contributed by atoms with Crippen LogP contribution in [0.2, 0.25) is 5.02 Å². The number of rotatable bonds is 4. The number of hydrogen-bond acceptors (Lipinski definition) is 4. The number of thiazole rings is 1. The molecule has 0 atom stereocenters. The Bertz CT molecular complexity index is 598. The van der Waals surface area contributed by atoms with Crippen LogP contribution in [-0.4, -0.2) is 17.5 Å². The molecule has 6 heteroatoms. The quantitative estimate of drug-likeness (QED) is 0.934. The third kappa shape index (κ3) is 3.45. The normalized spacial score (nSPS) is 10.3. The van der Waals surface area contributed by atoms with Crippen molar-refractivity contribution in [2.24, 2.45) is 0 Å². The van der Waals surface area contributed by atoms with Gasteiger partial charge in [0.15, 0.2) is 5.13 Å². The molecule has 2 aromatic rings. The van der Waals surface area contributed by atoms with E-state index in [4.69, 9.17) is 16.3 Å². The summed E-state index contributed by atoms with van der Waals surface area (Å²) in [6.45, 7) is 4.20. The van der Waals surface area contributed by atoms with E-state index in [9.17, 15) is 4.79 Å². The Morgan fingerprint density at radius 2 is 2.32 bits per heavy atom. The molecule has 1 N–H and O–H groups in total. The maximum absolute atomic E-state index is 12.2. The van der Waals surface area contributed by atoms with Gasteiger partial charge in [-0.2, -0.15) is 0 Å². The first-order chi connectivity index (χ1) is 9.10. The van der Waals surface area contributed by atoms with Crippen LogP contribution in [0.4, 0.5) is 5.13 Å². The minimum atomic E-state index is -0.255. The number of nitrogens with zero attached hydrogens (tertiary/aromatic N) is 1. The topological polar surface area (TPSA) is 51.2 Å². The van der Waals surface area contributed by atoms with Gasteiger partial charge in [0.05, 0.1) is 17.9 Å². The molecule has 1 heterocycles. The van der Waals surface area contributed by atoms with Crippen LogP contribution in [0.25, 0.3) is 0 Å². The molecule has 0 saturated heterocycles. The fourth-order valence-electron chi connectivity index (χ4n) is 1.53. The highest BCUT2D eigenvalue weighted by Gasteiger charge is 2.14. The van der Waals surface area contributed by atoms with Crippen molar-refractivity contribution in [2.75, 3.05) is 11.9 Å². The molecule has 19 heavy (non-hydrogen) atoms. The van der Waals surface area contributed by atoms with E-state index in [1.165, 1.54) is 11.3 Å². The van der Waals surface area contributed by atoms with Crippen LogP contribution < -0.4 is 10.1 Å². The molecule has 0 unspecified atom stereocenters. The number of ether oxygens (including phenoxy) is 1. The van der Waals surface area contributed by atoms with Gasteiger partial charge in [-0.25, -0.2) is 4.98 Å². The number of nitrogens with one attached hydrogen (secondary N) is 1. The first-order valence-corrected chi connectivity index (χ1v) is 7.01. The maximum atomic E-state index is 12.2. The summed E-state index contributed by atoms with van der Waals surface area (Å²) in [5.41, 5.74) is 1.32. The van der Waals surface area contributed by atoms with Crippen molar-refractivity contribution in [1.29, 1.82) is 0 Å². The second-order valence-corrected chi connectivity index (χ2v) is 5.12. The van der Waals surface area contributed by atoms with Gasteiger partial charge >= 0.3 is 0 Å².